The number of aryl methyl sites for hydroxylation is 1. The predicted molar refractivity (Wildman–Crippen MR) is 110 cm³/mol. The molecule has 0 spiro atoms. The van der Waals surface area contributed by atoms with E-state index < -0.39 is 14.8 Å². The monoisotopic (exact) mass is 381 g/mol. The molecular weight excluding hydrogens is 346 g/mol. The Morgan fingerprint density at radius 1 is 1.12 bits per heavy atom. The summed E-state index contributed by atoms with van der Waals surface area (Å²) in [5, 5.41) is 5.37. The van der Waals surface area contributed by atoms with Crippen molar-refractivity contribution in [3.8, 4) is 0 Å². The third-order valence-corrected chi connectivity index (χ3v) is 7.15. The number of hydrogen-bond acceptors (Lipinski definition) is 4. The lowest BCUT2D eigenvalue weighted by atomic mass is 9.97. The van der Waals surface area contributed by atoms with Gasteiger partial charge in [-0.2, -0.15) is 0 Å². The number of nitrogens with one attached hydrogen (secondary N) is 2. The van der Waals surface area contributed by atoms with Crippen molar-refractivity contribution in [2.45, 2.75) is 64.5 Å². The van der Waals surface area contributed by atoms with Crippen LogP contribution in [0.2, 0.25) is 0 Å². The van der Waals surface area contributed by atoms with Crippen molar-refractivity contribution < 1.29 is 8.42 Å². The molecule has 1 aromatic carbocycles. The van der Waals surface area contributed by atoms with Crippen LogP contribution in [-0.4, -0.2) is 37.8 Å². The van der Waals surface area contributed by atoms with E-state index in [2.05, 4.69) is 41.3 Å². The molecule has 0 atom stereocenters. The minimum absolute atomic E-state index is 0.574. The summed E-state index contributed by atoms with van der Waals surface area (Å²) in [6.45, 7) is 9.84. The van der Waals surface area contributed by atoms with Crippen LogP contribution in [-0.2, 0) is 16.4 Å². The summed E-state index contributed by atoms with van der Waals surface area (Å²) in [5.74, 6) is 0.574. The predicted octanol–water partition coefficient (Wildman–Crippen LogP) is 3.79. The summed E-state index contributed by atoms with van der Waals surface area (Å²) in [5.41, 5.74) is 2.57. The number of piperidine rings is 1. The van der Waals surface area contributed by atoms with Crippen molar-refractivity contribution in [1.82, 2.24) is 9.84 Å². The SMILES string of the molecule is CCCCc1ccc(NCC2CCN(NS(=O)(=O)C(C)(C)C)CC2)cc1. The average Bonchev–Trinajstić information content (AvgIpc) is 2.59. The van der Waals surface area contributed by atoms with Gasteiger partial charge in [-0.05, 0) is 70.1 Å². The topological polar surface area (TPSA) is 61.4 Å². The largest absolute Gasteiger partial charge is 0.385 e. The summed E-state index contributed by atoms with van der Waals surface area (Å²) >= 11 is 0. The maximum atomic E-state index is 12.2. The number of anilines is 1. The normalized spacial score (nSPS) is 17.4. The summed E-state index contributed by atoms with van der Waals surface area (Å²) in [6.07, 6.45) is 5.61. The Hall–Kier alpha value is -1.11. The summed E-state index contributed by atoms with van der Waals surface area (Å²) in [7, 11) is -3.32. The van der Waals surface area contributed by atoms with Gasteiger partial charge in [0.25, 0.3) is 0 Å². The quantitative estimate of drug-likeness (QED) is 0.719. The van der Waals surface area contributed by atoms with E-state index in [1.165, 1.54) is 24.1 Å². The van der Waals surface area contributed by atoms with Gasteiger partial charge in [-0.25, -0.2) is 13.4 Å². The summed E-state index contributed by atoms with van der Waals surface area (Å²) in [6, 6.07) is 8.75. The van der Waals surface area contributed by atoms with Gasteiger partial charge in [-0.1, -0.05) is 25.5 Å². The number of unbranched alkanes of at least 4 members (excludes halogenated alkanes) is 1. The van der Waals surface area contributed by atoms with E-state index in [4.69, 9.17) is 0 Å². The molecule has 5 nitrogen and oxygen atoms in total. The van der Waals surface area contributed by atoms with Crippen molar-refractivity contribution in [1.29, 1.82) is 0 Å². The molecule has 0 aliphatic carbocycles. The molecule has 0 amide bonds. The van der Waals surface area contributed by atoms with Gasteiger partial charge in [0.05, 0.1) is 4.75 Å². The van der Waals surface area contributed by atoms with Crippen LogP contribution in [0.1, 0.15) is 58.9 Å². The molecule has 0 unspecified atom stereocenters. The second-order valence-electron chi connectivity index (χ2n) is 8.32. The maximum absolute atomic E-state index is 12.2. The van der Waals surface area contributed by atoms with Gasteiger partial charge < -0.3 is 5.32 Å². The zero-order valence-electron chi connectivity index (χ0n) is 16.7. The number of hydrogen-bond donors (Lipinski definition) is 2. The molecular formula is C20H35N3O2S. The van der Waals surface area contributed by atoms with Gasteiger partial charge >= 0.3 is 0 Å². The molecule has 0 saturated carbocycles. The number of benzene rings is 1. The Balaban J connectivity index is 1.73. The zero-order chi connectivity index (χ0) is 19.2. The van der Waals surface area contributed by atoms with Crippen LogP contribution in [0.5, 0.6) is 0 Å². The van der Waals surface area contributed by atoms with Gasteiger partial charge in [0, 0.05) is 25.3 Å². The molecule has 2 N–H and O–H groups in total. The first-order valence-electron chi connectivity index (χ1n) is 9.81. The molecule has 0 aromatic heterocycles. The van der Waals surface area contributed by atoms with Gasteiger partial charge in [0.1, 0.15) is 0 Å². The molecule has 2 rings (SSSR count). The Labute approximate surface area is 159 Å². The standard InChI is InChI=1S/C20H35N3O2S/c1-5-6-7-17-8-10-19(11-9-17)21-16-18-12-14-23(15-13-18)22-26(24,25)20(2,3)4/h8-11,18,21-22H,5-7,12-16H2,1-4H3. The molecule has 6 heteroatoms. The van der Waals surface area contributed by atoms with Crippen LogP contribution in [0.4, 0.5) is 5.69 Å². The first-order chi connectivity index (χ1) is 12.2. The molecule has 1 heterocycles. The fraction of sp³-hybridized carbons (Fsp3) is 0.700. The molecule has 1 saturated heterocycles. The van der Waals surface area contributed by atoms with Gasteiger partial charge in [0.2, 0.25) is 10.0 Å². The Morgan fingerprint density at radius 3 is 2.27 bits per heavy atom. The third-order valence-electron chi connectivity index (χ3n) is 5.04. The fourth-order valence-corrected chi connectivity index (χ4v) is 3.76. The molecule has 26 heavy (non-hydrogen) atoms. The summed E-state index contributed by atoms with van der Waals surface area (Å²) < 4.78 is 23.7. The van der Waals surface area contributed by atoms with Crippen LogP contribution in [0.3, 0.4) is 0 Å². The van der Waals surface area contributed by atoms with Crippen molar-refractivity contribution in [3.63, 3.8) is 0 Å². The number of hydrazine groups is 1. The highest BCUT2D eigenvalue weighted by Crippen LogP contribution is 2.20. The fourth-order valence-electron chi connectivity index (χ4n) is 2.97. The smallest absolute Gasteiger partial charge is 0.229 e. The zero-order valence-corrected chi connectivity index (χ0v) is 17.5. The second-order valence-corrected chi connectivity index (χ2v) is 10.7. The molecule has 148 valence electrons. The molecule has 0 bridgehead atoms. The highest BCUT2D eigenvalue weighted by Gasteiger charge is 2.31. The van der Waals surface area contributed by atoms with E-state index in [0.717, 1.165) is 38.9 Å². The lowest BCUT2D eigenvalue weighted by Gasteiger charge is -2.34. The second kappa shape index (κ2) is 9.20. The molecule has 1 aliphatic rings. The third kappa shape index (κ3) is 6.25. The first-order valence-corrected chi connectivity index (χ1v) is 11.3. The highest BCUT2D eigenvalue weighted by molar-refractivity contribution is 7.90. The van der Waals surface area contributed by atoms with E-state index in [1.807, 2.05) is 5.01 Å². The van der Waals surface area contributed by atoms with E-state index in [1.54, 1.807) is 20.8 Å². The van der Waals surface area contributed by atoms with Crippen molar-refractivity contribution in [2.75, 3.05) is 25.0 Å². The van der Waals surface area contributed by atoms with Crippen LogP contribution < -0.4 is 10.1 Å². The molecule has 1 aromatic rings. The minimum Gasteiger partial charge on any atom is -0.385 e. The lowest BCUT2D eigenvalue weighted by molar-refractivity contribution is 0.164. The van der Waals surface area contributed by atoms with Crippen LogP contribution in [0.25, 0.3) is 0 Å². The van der Waals surface area contributed by atoms with Gasteiger partial charge in [-0.15, -0.1) is 4.83 Å². The Morgan fingerprint density at radius 2 is 1.73 bits per heavy atom. The Bertz CT molecular complexity index is 643. The highest BCUT2D eigenvalue weighted by atomic mass is 32.2. The number of sulfonamides is 1. The van der Waals surface area contributed by atoms with Gasteiger partial charge in [-0.3, -0.25) is 0 Å². The lowest BCUT2D eigenvalue weighted by Crippen LogP contribution is -2.52. The number of rotatable bonds is 8. The number of nitrogens with zero attached hydrogens (tertiary/aromatic N) is 1. The van der Waals surface area contributed by atoms with Gasteiger partial charge in [0.15, 0.2) is 0 Å². The molecule has 0 radical (unpaired) electrons. The van der Waals surface area contributed by atoms with E-state index in [-0.39, 0.29) is 0 Å². The molecule has 1 aliphatic heterocycles. The van der Waals surface area contributed by atoms with Crippen molar-refractivity contribution in [3.05, 3.63) is 29.8 Å². The van der Waals surface area contributed by atoms with E-state index >= 15 is 0 Å². The van der Waals surface area contributed by atoms with Crippen LogP contribution in [0, 0.1) is 5.92 Å². The summed E-state index contributed by atoms with van der Waals surface area (Å²) in [4.78, 5) is 2.74. The van der Waals surface area contributed by atoms with Crippen LogP contribution >= 0.6 is 0 Å². The van der Waals surface area contributed by atoms with E-state index in [9.17, 15) is 8.42 Å². The van der Waals surface area contributed by atoms with Crippen molar-refractivity contribution in [2.24, 2.45) is 5.92 Å². The maximum Gasteiger partial charge on any atom is 0.229 e. The van der Waals surface area contributed by atoms with Crippen LogP contribution in [0.15, 0.2) is 24.3 Å². The Kier molecular flexibility index (Phi) is 7.50. The van der Waals surface area contributed by atoms with E-state index in [0.29, 0.717) is 5.92 Å². The molecule has 1 fully saturated rings. The van der Waals surface area contributed by atoms with Crippen molar-refractivity contribution >= 4 is 15.7 Å². The average molecular weight is 382 g/mol. The minimum atomic E-state index is -3.32. The first kappa shape index (κ1) is 21.2.